The van der Waals surface area contributed by atoms with Gasteiger partial charge < -0.3 is 14.5 Å². The SMILES string of the molecule is C#Cc1ccccc1N1CCN(C(=O)OC(C)(C)C)CC1. The predicted molar refractivity (Wildman–Crippen MR) is 84.4 cm³/mol. The molecule has 1 aromatic rings. The van der Waals surface area contributed by atoms with Gasteiger partial charge in [-0.3, -0.25) is 0 Å². The van der Waals surface area contributed by atoms with E-state index in [1.165, 1.54) is 0 Å². The van der Waals surface area contributed by atoms with Crippen LogP contribution >= 0.6 is 0 Å². The first-order valence-electron chi connectivity index (χ1n) is 7.19. The Morgan fingerprint density at radius 3 is 2.38 bits per heavy atom. The van der Waals surface area contributed by atoms with Gasteiger partial charge in [-0.1, -0.05) is 18.1 Å². The number of para-hydroxylation sites is 1. The monoisotopic (exact) mass is 286 g/mol. The maximum atomic E-state index is 12.0. The number of anilines is 1. The second-order valence-corrected chi connectivity index (χ2v) is 6.12. The van der Waals surface area contributed by atoms with Crippen molar-refractivity contribution in [1.82, 2.24) is 4.90 Å². The van der Waals surface area contributed by atoms with Crippen LogP contribution in [0.4, 0.5) is 10.5 Å². The fourth-order valence-corrected chi connectivity index (χ4v) is 2.33. The van der Waals surface area contributed by atoms with Crippen LogP contribution in [-0.2, 0) is 4.74 Å². The molecular weight excluding hydrogens is 264 g/mol. The van der Waals surface area contributed by atoms with Crippen molar-refractivity contribution >= 4 is 11.8 Å². The second-order valence-electron chi connectivity index (χ2n) is 6.12. The molecule has 1 aromatic carbocycles. The molecule has 1 aliphatic heterocycles. The normalized spacial score (nSPS) is 15.5. The molecule has 0 aliphatic carbocycles. The summed E-state index contributed by atoms with van der Waals surface area (Å²) in [5, 5.41) is 0. The lowest BCUT2D eigenvalue weighted by Crippen LogP contribution is -2.50. The number of hydrogen-bond acceptors (Lipinski definition) is 3. The molecule has 4 nitrogen and oxygen atoms in total. The lowest BCUT2D eigenvalue weighted by atomic mass is 10.1. The Kier molecular flexibility index (Phi) is 4.42. The molecule has 0 radical (unpaired) electrons. The van der Waals surface area contributed by atoms with Crippen molar-refractivity contribution in [3.05, 3.63) is 29.8 Å². The highest BCUT2D eigenvalue weighted by Gasteiger charge is 2.26. The van der Waals surface area contributed by atoms with Crippen LogP contribution in [0.2, 0.25) is 0 Å². The summed E-state index contributed by atoms with van der Waals surface area (Å²) in [6, 6.07) is 7.89. The van der Waals surface area contributed by atoms with E-state index < -0.39 is 5.60 Å². The molecule has 1 saturated heterocycles. The Bertz CT molecular complexity index is 547. The van der Waals surface area contributed by atoms with Crippen molar-refractivity contribution in [1.29, 1.82) is 0 Å². The molecule has 21 heavy (non-hydrogen) atoms. The van der Waals surface area contributed by atoms with Crippen LogP contribution in [0, 0.1) is 12.3 Å². The van der Waals surface area contributed by atoms with Crippen molar-refractivity contribution in [2.75, 3.05) is 31.1 Å². The number of hydrogen-bond donors (Lipinski definition) is 0. The van der Waals surface area contributed by atoms with E-state index in [0.717, 1.165) is 24.3 Å². The fraction of sp³-hybridized carbons (Fsp3) is 0.471. The number of carbonyl (C=O) groups is 1. The van der Waals surface area contributed by atoms with Gasteiger partial charge in [0.1, 0.15) is 5.60 Å². The van der Waals surface area contributed by atoms with E-state index in [9.17, 15) is 4.79 Å². The van der Waals surface area contributed by atoms with Gasteiger partial charge >= 0.3 is 6.09 Å². The minimum Gasteiger partial charge on any atom is -0.444 e. The molecule has 1 heterocycles. The van der Waals surface area contributed by atoms with E-state index in [-0.39, 0.29) is 6.09 Å². The summed E-state index contributed by atoms with van der Waals surface area (Å²) >= 11 is 0. The van der Waals surface area contributed by atoms with E-state index in [0.29, 0.717) is 13.1 Å². The molecule has 0 unspecified atom stereocenters. The van der Waals surface area contributed by atoms with Gasteiger partial charge in [0.15, 0.2) is 0 Å². The summed E-state index contributed by atoms with van der Waals surface area (Å²) in [5.74, 6) is 2.71. The van der Waals surface area contributed by atoms with E-state index >= 15 is 0 Å². The average Bonchev–Trinajstić information content (AvgIpc) is 2.45. The summed E-state index contributed by atoms with van der Waals surface area (Å²) in [4.78, 5) is 16.0. The third-order valence-corrected chi connectivity index (χ3v) is 3.33. The molecule has 1 amide bonds. The van der Waals surface area contributed by atoms with Crippen LogP contribution in [-0.4, -0.2) is 42.8 Å². The fourth-order valence-electron chi connectivity index (χ4n) is 2.33. The highest BCUT2D eigenvalue weighted by molar-refractivity contribution is 5.69. The summed E-state index contributed by atoms with van der Waals surface area (Å²) in [6.07, 6.45) is 5.30. The highest BCUT2D eigenvalue weighted by Crippen LogP contribution is 2.21. The van der Waals surface area contributed by atoms with Crippen LogP contribution in [0.15, 0.2) is 24.3 Å². The Morgan fingerprint density at radius 1 is 1.19 bits per heavy atom. The Hall–Kier alpha value is -2.15. The third-order valence-electron chi connectivity index (χ3n) is 3.33. The third kappa shape index (κ3) is 3.91. The molecule has 2 rings (SSSR count). The average molecular weight is 286 g/mol. The van der Waals surface area contributed by atoms with Crippen molar-refractivity contribution in [3.8, 4) is 12.3 Å². The standard InChI is InChI=1S/C17H22N2O2/c1-5-14-8-6-7-9-15(14)18-10-12-19(13-11-18)16(20)21-17(2,3)4/h1,6-9H,10-13H2,2-4H3. The van der Waals surface area contributed by atoms with Crippen LogP contribution in [0.3, 0.4) is 0 Å². The molecule has 1 aliphatic rings. The molecule has 0 spiro atoms. The van der Waals surface area contributed by atoms with E-state index in [2.05, 4.69) is 10.8 Å². The topological polar surface area (TPSA) is 32.8 Å². The number of rotatable bonds is 1. The molecule has 0 aromatic heterocycles. The molecule has 1 fully saturated rings. The van der Waals surface area contributed by atoms with Gasteiger partial charge in [-0.15, -0.1) is 6.42 Å². The molecule has 0 saturated carbocycles. The van der Waals surface area contributed by atoms with Crippen LogP contribution in [0.25, 0.3) is 0 Å². The smallest absolute Gasteiger partial charge is 0.410 e. The highest BCUT2D eigenvalue weighted by atomic mass is 16.6. The number of benzene rings is 1. The van der Waals surface area contributed by atoms with Gasteiger partial charge in [0, 0.05) is 31.7 Å². The van der Waals surface area contributed by atoms with Crippen LogP contribution in [0.5, 0.6) is 0 Å². The molecule has 112 valence electrons. The minimum absolute atomic E-state index is 0.243. The quantitative estimate of drug-likeness (QED) is 0.744. The Morgan fingerprint density at radius 2 is 1.81 bits per heavy atom. The van der Waals surface area contributed by atoms with E-state index in [1.54, 1.807) is 4.90 Å². The van der Waals surface area contributed by atoms with Gasteiger partial charge in [-0.2, -0.15) is 0 Å². The molecule has 0 N–H and O–H groups in total. The zero-order valence-electron chi connectivity index (χ0n) is 12.9. The van der Waals surface area contributed by atoms with E-state index in [1.807, 2.05) is 45.0 Å². The number of nitrogens with zero attached hydrogens (tertiary/aromatic N) is 2. The van der Waals surface area contributed by atoms with Gasteiger partial charge in [-0.25, -0.2) is 4.79 Å². The molecule has 0 atom stereocenters. The van der Waals surface area contributed by atoms with Crippen molar-refractivity contribution < 1.29 is 9.53 Å². The van der Waals surface area contributed by atoms with Gasteiger partial charge in [0.05, 0.1) is 5.69 Å². The summed E-state index contributed by atoms with van der Waals surface area (Å²) in [5.41, 5.74) is 1.50. The zero-order chi connectivity index (χ0) is 15.5. The van der Waals surface area contributed by atoms with Crippen molar-refractivity contribution in [3.63, 3.8) is 0 Å². The molecule has 4 heteroatoms. The first-order chi connectivity index (χ1) is 9.90. The Balaban J connectivity index is 1.98. The predicted octanol–water partition coefficient (Wildman–Crippen LogP) is 2.73. The second kappa shape index (κ2) is 6.09. The number of piperazine rings is 1. The minimum atomic E-state index is -0.454. The van der Waals surface area contributed by atoms with Gasteiger partial charge in [-0.05, 0) is 32.9 Å². The van der Waals surface area contributed by atoms with Crippen LogP contribution in [0.1, 0.15) is 26.3 Å². The zero-order valence-corrected chi connectivity index (χ0v) is 12.9. The molecular formula is C17H22N2O2. The number of amides is 1. The van der Waals surface area contributed by atoms with E-state index in [4.69, 9.17) is 11.2 Å². The van der Waals surface area contributed by atoms with Crippen molar-refractivity contribution in [2.24, 2.45) is 0 Å². The summed E-state index contributed by atoms with van der Waals surface area (Å²) < 4.78 is 5.40. The van der Waals surface area contributed by atoms with Crippen LogP contribution < -0.4 is 4.90 Å². The lowest BCUT2D eigenvalue weighted by molar-refractivity contribution is 0.0240. The van der Waals surface area contributed by atoms with Crippen molar-refractivity contribution in [2.45, 2.75) is 26.4 Å². The number of carbonyl (C=O) groups excluding carboxylic acids is 1. The Labute approximate surface area is 126 Å². The molecule has 0 bridgehead atoms. The first-order valence-corrected chi connectivity index (χ1v) is 7.19. The number of terminal acetylenes is 1. The maximum absolute atomic E-state index is 12.0. The number of ether oxygens (including phenoxy) is 1. The first kappa shape index (κ1) is 15.2. The van der Waals surface area contributed by atoms with Gasteiger partial charge in [0.2, 0.25) is 0 Å². The lowest BCUT2D eigenvalue weighted by Gasteiger charge is -2.37. The summed E-state index contributed by atoms with van der Waals surface area (Å²) in [6.45, 7) is 8.45. The van der Waals surface area contributed by atoms with Gasteiger partial charge in [0.25, 0.3) is 0 Å². The largest absolute Gasteiger partial charge is 0.444 e. The maximum Gasteiger partial charge on any atom is 0.410 e. The summed E-state index contributed by atoms with van der Waals surface area (Å²) in [7, 11) is 0.